The average molecular weight is 358 g/mol. The van der Waals surface area contributed by atoms with E-state index in [9.17, 15) is 13.2 Å². The molecule has 0 spiro atoms. The predicted molar refractivity (Wildman–Crippen MR) is 97.1 cm³/mol. The van der Waals surface area contributed by atoms with Crippen LogP contribution in [-0.2, 0) is 16.3 Å². The highest BCUT2D eigenvalue weighted by atomic mass is 32.2. The van der Waals surface area contributed by atoms with Crippen molar-refractivity contribution in [3.63, 3.8) is 0 Å². The first-order chi connectivity index (χ1) is 11.8. The number of sulfone groups is 1. The zero-order valence-corrected chi connectivity index (χ0v) is 15.1. The number of amides is 2. The lowest BCUT2D eigenvalue weighted by Crippen LogP contribution is -2.38. The van der Waals surface area contributed by atoms with Crippen LogP contribution in [0.2, 0.25) is 0 Å². The minimum Gasteiger partial charge on any atom is -0.332 e. The van der Waals surface area contributed by atoms with E-state index in [1.54, 1.807) is 24.3 Å². The molecule has 2 atom stereocenters. The summed E-state index contributed by atoms with van der Waals surface area (Å²) in [6.45, 7) is 1.87. The molecule has 2 amide bonds. The summed E-state index contributed by atoms with van der Waals surface area (Å²) in [4.78, 5) is 12.6. The van der Waals surface area contributed by atoms with Crippen LogP contribution in [0.3, 0.4) is 0 Å². The van der Waals surface area contributed by atoms with Gasteiger partial charge in [-0.1, -0.05) is 36.4 Å². The Balaban J connectivity index is 1.61. The topological polar surface area (TPSA) is 75.3 Å². The molecule has 2 unspecified atom stereocenters. The van der Waals surface area contributed by atoms with Crippen LogP contribution < -0.4 is 10.6 Å². The normalized spacial score (nSPS) is 17.6. The summed E-state index contributed by atoms with van der Waals surface area (Å²) in [6, 6.07) is 14.3. The fraction of sp³-hybridized carbons (Fsp3) is 0.316. The van der Waals surface area contributed by atoms with E-state index in [-0.39, 0.29) is 23.0 Å². The van der Waals surface area contributed by atoms with E-state index in [0.29, 0.717) is 0 Å². The molecule has 0 saturated carbocycles. The lowest BCUT2D eigenvalue weighted by Gasteiger charge is -2.19. The molecule has 132 valence electrons. The predicted octanol–water partition coefficient (Wildman–Crippen LogP) is 3.14. The molecule has 25 heavy (non-hydrogen) atoms. The Labute approximate surface area is 148 Å². The summed E-state index contributed by atoms with van der Waals surface area (Å²) in [5.41, 5.74) is 3.33. The highest BCUT2D eigenvalue weighted by Crippen LogP contribution is 2.30. The molecule has 5 nitrogen and oxygen atoms in total. The van der Waals surface area contributed by atoms with Crippen molar-refractivity contribution in [1.82, 2.24) is 10.6 Å². The molecule has 0 aromatic heterocycles. The first kappa shape index (κ1) is 17.5. The van der Waals surface area contributed by atoms with E-state index >= 15 is 0 Å². The van der Waals surface area contributed by atoms with Gasteiger partial charge in [-0.25, -0.2) is 13.2 Å². The van der Waals surface area contributed by atoms with Gasteiger partial charge in [-0.2, -0.15) is 0 Å². The molecule has 0 radical (unpaired) electrons. The molecular formula is C19H22N2O3S. The van der Waals surface area contributed by atoms with E-state index in [0.717, 1.165) is 18.4 Å². The van der Waals surface area contributed by atoms with Gasteiger partial charge in [0.05, 0.1) is 17.0 Å². The van der Waals surface area contributed by atoms with Gasteiger partial charge in [0.25, 0.3) is 0 Å². The summed E-state index contributed by atoms with van der Waals surface area (Å²) >= 11 is 0. The van der Waals surface area contributed by atoms with Crippen molar-refractivity contribution in [2.45, 2.75) is 36.7 Å². The van der Waals surface area contributed by atoms with Gasteiger partial charge in [0.2, 0.25) is 0 Å². The minimum absolute atomic E-state index is 0.0380. The number of hydrogen-bond acceptors (Lipinski definition) is 3. The van der Waals surface area contributed by atoms with Crippen LogP contribution in [0.1, 0.15) is 42.1 Å². The third-order valence-corrected chi connectivity index (χ3v) is 5.72. The van der Waals surface area contributed by atoms with Crippen molar-refractivity contribution in [1.29, 1.82) is 0 Å². The summed E-state index contributed by atoms with van der Waals surface area (Å²) in [7, 11) is -3.21. The number of rotatable bonds is 4. The van der Waals surface area contributed by atoms with E-state index in [2.05, 4.69) is 22.8 Å². The fourth-order valence-electron chi connectivity index (χ4n) is 3.19. The Hall–Kier alpha value is -2.34. The largest absolute Gasteiger partial charge is 0.332 e. The van der Waals surface area contributed by atoms with Gasteiger partial charge < -0.3 is 10.6 Å². The van der Waals surface area contributed by atoms with Gasteiger partial charge in [-0.05, 0) is 48.6 Å². The van der Waals surface area contributed by atoms with Crippen LogP contribution in [0, 0.1) is 0 Å². The van der Waals surface area contributed by atoms with Crippen molar-refractivity contribution < 1.29 is 13.2 Å². The van der Waals surface area contributed by atoms with Gasteiger partial charge >= 0.3 is 6.03 Å². The van der Waals surface area contributed by atoms with Gasteiger partial charge in [0, 0.05) is 6.26 Å². The summed E-state index contributed by atoms with van der Waals surface area (Å²) in [5.74, 6) is 0. The third kappa shape index (κ3) is 4.02. The quantitative estimate of drug-likeness (QED) is 0.882. The second-order valence-corrected chi connectivity index (χ2v) is 8.49. The Morgan fingerprint density at radius 3 is 2.48 bits per heavy atom. The van der Waals surface area contributed by atoms with Gasteiger partial charge in [0.15, 0.2) is 9.84 Å². The molecular weight excluding hydrogens is 336 g/mol. The Kier molecular flexibility index (Phi) is 4.81. The summed E-state index contributed by atoms with van der Waals surface area (Å²) < 4.78 is 23.0. The molecule has 2 aromatic carbocycles. The van der Waals surface area contributed by atoms with E-state index in [1.807, 2.05) is 19.1 Å². The maximum atomic E-state index is 12.3. The summed E-state index contributed by atoms with van der Waals surface area (Å²) in [6.07, 6.45) is 3.06. The van der Waals surface area contributed by atoms with Crippen molar-refractivity contribution >= 4 is 15.9 Å². The smallest absolute Gasteiger partial charge is 0.315 e. The molecule has 6 heteroatoms. The van der Waals surface area contributed by atoms with E-state index in [1.165, 1.54) is 17.4 Å². The number of nitrogens with one attached hydrogen (secondary N) is 2. The Bertz CT molecular complexity index is 876. The lowest BCUT2D eigenvalue weighted by atomic mass is 10.1. The third-order valence-electron chi connectivity index (χ3n) is 4.59. The van der Waals surface area contributed by atoms with Crippen molar-refractivity contribution in [2.75, 3.05) is 6.26 Å². The molecule has 1 aliphatic rings. The van der Waals surface area contributed by atoms with Gasteiger partial charge in [-0.15, -0.1) is 0 Å². The van der Waals surface area contributed by atoms with Crippen molar-refractivity contribution in [2.24, 2.45) is 0 Å². The maximum Gasteiger partial charge on any atom is 0.315 e. The summed E-state index contributed by atoms with van der Waals surface area (Å²) in [5, 5.41) is 5.94. The maximum absolute atomic E-state index is 12.3. The first-order valence-electron chi connectivity index (χ1n) is 8.29. The van der Waals surface area contributed by atoms with Crippen LogP contribution in [0.15, 0.2) is 53.4 Å². The van der Waals surface area contributed by atoms with Crippen LogP contribution in [0.4, 0.5) is 4.79 Å². The molecule has 3 rings (SSSR count). The number of fused-ring (bicyclic) bond motifs is 1. The molecule has 0 aliphatic heterocycles. The van der Waals surface area contributed by atoms with Crippen LogP contribution in [0.5, 0.6) is 0 Å². The fourth-order valence-corrected chi connectivity index (χ4v) is 3.82. The Morgan fingerprint density at radius 2 is 1.80 bits per heavy atom. The SMILES string of the molecule is CC(NC(=O)NC1CCc2ccccc21)c1ccc(S(C)(=O)=O)cc1. The molecule has 0 bridgehead atoms. The number of benzene rings is 2. The second kappa shape index (κ2) is 6.88. The zero-order valence-electron chi connectivity index (χ0n) is 14.3. The highest BCUT2D eigenvalue weighted by Gasteiger charge is 2.23. The number of urea groups is 1. The minimum atomic E-state index is -3.21. The standard InChI is InChI=1S/C19H22N2O3S/c1-13(14-7-10-16(11-8-14)25(2,23)24)20-19(22)21-18-12-9-15-5-3-4-6-17(15)18/h3-8,10-11,13,18H,9,12H2,1-2H3,(H2,20,21,22). The molecule has 2 N–H and O–H groups in total. The van der Waals surface area contributed by atoms with Crippen LogP contribution in [-0.4, -0.2) is 20.7 Å². The van der Waals surface area contributed by atoms with E-state index in [4.69, 9.17) is 0 Å². The highest BCUT2D eigenvalue weighted by molar-refractivity contribution is 7.90. The number of hydrogen-bond donors (Lipinski definition) is 2. The lowest BCUT2D eigenvalue weighted by molar-refractivity contribution is 0.234. The molecule has 0 heterocycles. The molecule has 1 aliphatic carbocycles. The number of aryl methyl sites for hydroxylation is 1. The molecule has 2 aromatic rings. The van der Waals surface area contributed by atoms with Crippen molar-refractivity contribution in [3.8, 4) is 0 Å². The second-order valence-electron chi connectivity index (χ2n) is 6.47. The zero-order chi connectivity index (χ0) is 18.0. The van der Waals surface area contributed by atoms with Gasteiger partial charge in [-0.3, -0.25) is 0 Å². The number of carbonyl (C=O) groups excluding carboxylic acids is 1. The van der Waals surface area contributed by atoms with Crippen molar-refractivity contribution in [3.05, 3.63) is 65.2 Å². The van der Waals surface area contributed by atoms with Crippen LogP contribution in [0.25, 0.3) is 0 Å². The van der Waals surface area contributed by atoms with E-state index < -0.39 is 9.84 Å². The van der Waals surface area contributed by atoms with Gasteiger partial charge in [0.1, 0.15) is 0 Å². The number of carbonyl (C=O) groups is 1. The Morgan fingerprint density at radius 1 is 1.12 bits per heavy atom. The molecule has 0 fully saturated rings. The van der Waals surface area contributed by atoms with Crippen LogP contribution >= 0.6 is 0 Å². The monoisotopic (exact) mass is 358 g/mol. The molecule has 0 saturated heterocycles. The average Bonchev–Trinajstić information content (AvgIpc) is 2.97. The first-order valence-corrected chi connectivity index (χ1v) is 10.2.